The summed E-state index contributed by atoms with van der Waals surface area (Å²) >= 11 is 5.86. The van der Waals surface area contributed by atoms with E-state index in [1.54, 1.807) is 12.3 Å². The van der Waals surface area contributed by atoms with Crippen LogP contribution in [0, 0.1) is 5.82 Å². The number of nitrogens with one attached hydrogen (secondary N) is 2. The maximum Gasteiger partial charge on any atom is 0.249 e. The number of carbonyl (C=O) groups is 1. The highest BCUT2D eigenvalue weighted by molar-refractivity contribution is 6.32. The molecule has 20 heavy (non-hydrogen) atoms. The van der Waals surface area contributed by atoms with Gasteiger partial charge in [0.25, 0.3) is 0 Å². The normalized spacial score (nSPS) is 10.9. The van der Waals surface area contributed by atoms with Crippen LogP contribution >= 0.6 is 11.6 Å². The molecule has 0 bridgehead atoms. The van der Waals surface area contributed by atoms with E-state index >= 15 is 0 Å². The molecule has 104 valence electrons. The van der Waals surface area contributed by atoms with Crippen molar-refractivity contribution in [3.63, 3.8) is 0 Å². The van der Waals surface area contributed by atoms with Crippen molar-refractivity contribution in [3.8, 4) is 0 Å². The van der Waals surface area contributed by atoms with E-state index in [4.69, 9.17) is 11.6 Å². The number of carbonyl (C=O) groups excluding carboxylic acids is 1. The largest absolute Gasteiger partial charge is 0.307 e. The second kappa shape index (κ2) is 6.34. The van der Waals surface area contributed by atoms with Gasteiger partial charge in [0.15, 0.2) is 0 Å². The average molecular weight is 294 g/mol. The third kappa shape index (κ3) is 3.24. The van der Waals surface area contributed by atoms with Crippen molar-refractivity contribution in [3.05, 3.63) is 52.4 Å². The Kier molecular flexibility index (Phi) is 4.53. The second-order valence-electron chi connectivity index (χ2n) is 4.08. The molecule has 0 saturated carbocycles. The molecule has 1 amide bonds. The van der Waals surface area contributed by atoms with Crippen molar-refractivity contribution in [1.29, 1.82) is 0 Å². The van der Waals surface area contributed by atoms with E-state index in [0.717, 1.165) is 12.0 Å². The number of rotatable bonds is 4. The van der Waals surface area contributed by atoms with Gasteiger partial charge in [0, 0.05) is 17.2 Å². The van der Waals surface area contributed by atoms with E-state index in [-0.39, 0.29) is 16.5 Å². The van der Waals surface area contributed by atoms with Crippen molar-refractivity contribution in [2.75, 3.05) is 5.32 Å². The van der Waals surface area contributed by atoms with Crippen molar-refractivity contribution >= 4 is 29.4 Å². The summed E-state index contributed by atoms with van der Waals surface area (Å²) in [7, 11) is 0. The summed E-state index contributed by atoms with van der Waals surface area (Å²) in [6.07, 6.45) is 4.96. The molecule has 0 radical (unpaired) electrons. The minimum atomic E-state index is -0.475. The molecule has 2 rings (SSSR count). The molecule has 0 atom stereocenters. The van der Waals surface area contributed by atoms with Gasteiger partial charge in [0.2, 0.25) is 5.91 Å². The molecule has 4 nitrogen and oxygen atoms in total. The van der Waals surface area contributed by atoms with Gasteiger partial charge in [0.05, 0.1) is 11.2 Å². The first-order chi connectivity index (χ1) is 9.61. The van der Waals surface area contributed by atoms with Crippen LogP contribution in [0.1, 0.15) is 18.1 Å². The molecule has 0 aliphatic carbocycles. The fourth-order valence-corrected chi connectivity index (χ4v) is 1.91. The zero-order valence-electron chi connectivity index (χ0n) is 10.8. The number of nitrogens with zero attached hydrogens (tertiary/aromatic N) is 1. The number of aromatic amines is 1. The molecule has 1 aromatic heterocycles. The fourth-order valence-electron chi connectivity index (χ4n) is 1.68. The summed E-state index contributed by atoms with van der Waals surface area (Å²) in [5.74, 6) is -0.317. The maximum absolute atomic E-state index is 13.5. The number of H-pyrrole nitrogens is 1. The molecule has 0 unspecified atom stereocenters. The summed E-state index contributed by atoms with van der Waals surface area (Å²) in [6.45, 7) is 1.95. The Bertz CT molecular complexity index is 631. The van der Waals surface area contributed by atoms with E-state index in [9.17, 15) is 9.18 Å². The summed E-state index contributed by atoms with van der Waals surface area (Å²) in [4.78, 5) is 11.8. The molecule has 0 spiro atoms. The van der Waals surface area contributed by atoms with Gasteiger partial charge in [-0.05, 0) is 24.6 Å². The van der Waals surface area contributed by atoms with Crippen LogP contribution in [-0.2, 0) is 11.2 Å². The van der Waals surface area contributed by atoms with E-state index in [0.29, 0.717) is 5.82 Å². The van der Waals surface area contributed by atoms with Gasteiger partial charge in [-0.15, -0.1) is 0 Å². The standard InChI is InChI=1S/C14H13ClFN3O/c1-2-9-8-17-19-14(9)18-13(20)7-6-10-11(15)4-3-5-12(10)16/h3-8H,2H2,1H3,(H2,17,18,19,20)/b7-6+. The maximum atomic E-state index is 13.5. The highest BCUT2D eigenvalue weighted by Crippen LogP contribution is 2.20. The monoisotopic (exact) mass is 293 g/mol. The van der Waals surface area contributed by atoms with Gasteiger partial charge in [-0.1, -0.05) is 24.6 Å². The highest BCUT2D eigenvalue weighted by atomic mass is 35.5. The third-order valence-electron chi connectivity index (χ3n) is 2.75. The summed E-state index contributed by atoms with van der Waals surface area (Å²) in [5, 5.41) is 9.44. The molecule has 2 N–H and O–H groups in total. The zero-order valence-corrected chi connectivity index (χ0v) is 11.5. The predicted molar refractivity (Wildman–Crippen MR) is 77.0 cm³/mol. The number of hydrogen-bond donors (Lipinski definition) is 2. The van der Waals surface area contributed by atoms with Crippen LogP contribution in [0.3, 0.4) is 0 Å². The number of amides is 1. The topological polar surface area (TPSA) is 57.8 Å². The van der Waals surface area contributed by atoms with Gasteiger partial charge < -0.3 is 5.32 Å². The number of anilines is 1. The Balaban J connectivity index is 2.10. The van der Waals surface area contributed by atoms with Crippen LogP contribution in [0.15, 0.2) is 30.5 Å². The minimum absolute atomic E-state index is 0.185. The molecule has 1 heterocycles. The van der Waals surface area contributed by atoms with Gasteiger partial charge in [-0.25, -0.2) is 4.39 Å². The van der Waals surface area contributed by atoms with Crippen molar-refractivity contribution < 1.29 is 9.18 Å². The molecular formula is C14H13ClFN3O. The summed E-state index contributed by atoms with van der Waals surface area (Å²) in [6, 6.07) is 4.35. The van der Waals surface area contributed by atoms with Crippen LogP contribution in [0.2, 0.25) is 5.02 Å². The summed E-state index contributed by atoms with van der Waals surface area (Å²) < 4.78 is 13.5. The molecule has 0 aliphatic rings. The smallest absolute Gasteiger partial charge is 0.249 e. The van der Waals surface area contributed by atoms with E-state index in [1.807, 2.05) is 6.92 Å². The van der Waals surface area contributed by atoms with Crippen LogP contribution in [-0.4, -0.2) is 16.1 Å². The number of hydrogen-bond acceptors (Lipinski definition) is 2. The van der Waals surface area contributed by atoms with Gasteiger partial charge >= 0.3 is 0 Å². The van der Waals surface area contributed by atoms with Gasteiger partial charge in [0.1, 0.15) is 11.6 Å². The molecule has 6 heteroatoms. The first-order valence-electron chi connectivity index (χ1n) is 6.07. The predicted octanol–water partition coefficient (Wildman–Crippen LogP) is 3.42. The molecule has 1 aromatic carbocycles. The van der Waals surface area contributed by atoms with Crippen LogP contribution in [0.25, 0.3) is 6.08 Å². The third-order valence-corrected chi connectivity index (χ3v) is 3.08. The number of halogens is 2. The number of aryl methyl sites for hydroxylation is 1. The lowest BCUT2D eigenvalue weighted by Gasteiger charge is -2.02. The summed E-state index contributed by atoms with van der Waals surface area (Å²) in [5.41, 5.74) is 1.08. The van der Waals surface area contributed by atoms with E-state index < -0.39 is 5.82 Å². The molecular weight excluding hydrogens is 281 g/mol. The van der Waals surface area contributed by atoms with Crippen LogP contribution in [0.4, 0.5) is 10.2 Å². The second-order valence-corrected chi connectivity index (χ2v) is 4.49. The van der Waals surface area contributed by atoms with Crippen molar-refractivity contribution in [2.45, 2.75) is 13.3 Å². The molecule has 0 fully saturated rings. The van der Waals surface area contributed by atoms with Crippen LogP contribution in [0.5, 0.6) is 0 Å². The lowest BCUT2D eigenvalue weighted by atomic mass is 10.2. The average Bonchev–Trinajstić information content (AvgIpc) is 2.85. The first-order valence-corrected chi connectivity index (χ1v) is 6.45. The van der Waals surface area contributed by atoms with Gasteiger partial charge in [-0.3, -0.25) is 9.89 Å². The van der Waals surface area contributed by atoms with Crippen molar-refractivity contribution in [1.82, 2.24) is 10.2 Å². The van der Waals surface area contributed by atoms with Crippen LogP contribution < -0.4 is 5.32 Å². The number of benzene rings is 1. The quantitative estimate of drug-likeness (QED) is 0.849. The van der Waals surface area contributed by atoms with Crippen molar-refractivity contribution in [2.24, 2.45) is 0 Å². The lowest BCUT2D eigenvalue weighted by Crippen LogP contribution is -2.09. The molecule has 0 aliphatic heterocycles. The fraction of sp³-hybridized carbons (Fsp3) is 0.143. The Morgan fingerprint density at radius 1 is 1.55 bits per heavy atom. The SMILES string of the molecule is CCc1cn[nH]c1NC(=O)/C=C/c1c(F)cccc1Cl. The Morgan fingerprint density at radius 2 is 2.35 bits per heavy atom. The van der Waals surface area contributed by atoms with E-state index in [1.165, 1.54) is 24.3 Å². The molecule has 2 aromatic rings. The Morgan fingerprint density at radius 3 is 3.05 bits per heavy atom. The minimum Gasteiger partial charge on any atom is -0.307 e. The van der Waals surface area contributed by atoms with E-state index in [2.05, 4.69) is 15.5 Å². The van der Waals surface area contributed by atoms with Gasteiger partial charge in [-0.2, -0.15) is 5.10 Å². The zero-order chi connectivity index (χ0) is 14.5. The Hall–Kier alpha value is -2.14. The molecule has 0 saturated heterocycles. The lowest BCUT2D eigenvalue weighted by molar-refractivity contribution is -0.111. The Labute approximate surface area is 120 Å². The number of aromatic nitrogens is 2. The first kappa shape index (κ1) is 14.3. The highest BCUT2D eigenvalue weighted by Gasteiger charge is 2.07.